The number of methoxy groups -OCH3 is 1. The smallest absolute Gasteiger partial charge is 0.333 e. The zero-order valence-electron chi connectivity index (χ0n) is 9.25. The van der Waals surface area contributed by atoms with Gasteiger partial charge in [-0.05, 0) is 32.1 Å². The molecule has 0 saturated carbocycles. The standard InChI is InChI=1S/C12H18O3/c1-15-12(14)10-6-2-4-8-11(13)9-5-3-7-10/h6H,2-5,7-9H2,1H3/b10-6-. The maximum absolute atomic E-state index is 11.3. The highest BCUT2D eigenvalue weighted by Gasteiger charge is 2.11. The number of ketones is 1. The van der Waals surface area contributed by atoms with Crippen LogP contribution in [0.2, 0.25) is 0 Å². The summed E-state index contributed by atoms with van der Waals surface area (Å²) < 4.78 is 4.71. The normalized spacial score (nSPS) is 22.7. The number of ether oxygens (including phenoxy) is 1. The van der Waals surface area contributed by atoms with Crippen LogP contribution >= 0.6 is 0 Å². The largest absolute Gasteiger partial charge is 0.466 e. The van der Waals surface area contributed by atoms with Gasteiger partial charge < -0.3 is 4.74 Å². The molecule has 0 fully saturated rings. The van der Waals surface area contributed by atoms with Gasteiger partial charge in [0.15, 0.2) is 0 Å². The maximum Gasteiger partial charge on any atom is 0.333 e. The Morgan fingerprint density at radius 1 is 1.20 bits per heavy atom. The van der Waals surface area contributed by atoms with Gasteiger partial charge in [0, 0.05) is 18.4 Å². The summed E-state index contributed by atoms with van der Waals surface area (Å²) >= 11 is 0. The van der Waals surface area contributed by atoms with E-state index in [9.17, 15) is 9.59 Å². The van der Waals surface area contributed by atoms with Gasteiger partial charge in [0.05, 0.1) is 7.11 Å². The van der Waals surface area contributed by atoms with E-state index in [1.165, 1.54) is 7.11 Å². The molecular weight excluding hydrogens is 192 g/mol. The van der Waals surface area contributed by atoms with E-state index < -0.39 is 0 Å². The maximum atomic E-state index is 11.3. The van der Waals surface area contributed by atoms with Gasteiger partial charge in [-0.1, -0.05) is 6.08 Å². The van der Waals surface area contributed by atoms with E-state index in [0.29, 0.717) is 18.6 Å². The van der Waals surface area contributed by atoms with E-state index in [1.807, 2.05) is 6.08 Å². The van der Waals surface area contributed by atoms with Crippen molar-refractivity contribution in [3.63, 3.8) is 0 Å². The topological polar surface area (TPSA) is 43.4 Å². The molecule has 1 aliphatic carbocycles. The predicted octanol–water partition coefficient (Wildman–Crippen LogP) is 2.40. The zero-order chi connectivity index (χ0) is 11.1. The van der Waals surface area contributed by atoms with E-state index in [2.05, 4.69) is 0 Å². The lowest BCUT2D eigenvalue weighted by Crippen LogP contribution is -2.07. The van der Waals surface area contributed by atoms with Gasteiger partial charge in [-0.25, -0.2) is 4.79 Å². The summed E-state index contributed by atoms with van der Waals surface area (Å²) in [7, 11) is 1.41. The van der Waals surface area contributed by atoms with E-state index in [0.717, 1.165) is 37.7 Å². The molecule has 0 N–H and O–H groups in total. The van der Waals surface area contributed by atoms with Crippen molar-refractivity contribution < 1.29 is 14.3 Å². The Bertz CT molecular complexity index is 266. The molecule has 0 saturated heterocycles. The van der Waals surface area contributed by atoms with E-state index in [1.54, 1.807) is 0 Å². The van der Waals surface area contributed by atoms with Crippen LogP contribution in [0.3, 0.4) is 0 Å². The number of carbonyl (C=O) groups is 2. The van der Waals surface area contributed by atoms with Crippen LogP contribution < -0.4 is 0 Å². The predicted molar refractivity (Wildman–Crippen MR) is 57.4 cm³/mol. The number of rotatable bonds is 1. The minimum absolute atomic E-state index is 0.220. The Kier molecular flexibility index (Phi) is 5.08. The second kappa shape index (κ2) is 6.38. The summed E-state index contributed by atoms with van der Waals surface area (Å²) in [6, 6.07) is 0. The number of esters is 1. The molecule has 15 heavy (non-hydrogen) atoms. The van der Waals surface area contributed by atoms with Gasteiger partial charge >= 0.3 is 5.97 Å². The first kappa shape index (κ1) is 12.0. The highest BCUT2D eigenvalue weighted by molar-refractivity contribution is 5.88. The Balaban J connectivity index is 2.56. The van der Waals surface area contributed by atoms with Gasteiger partial charge in [-0.3, -0.25) is 4.79 Å². The van der Waals surface area contributed by atoms with Crippen molar-refractivity contribution in [2.24, 2.45) is 0 Å². The Hall–Kier alpha value is -1.12. The molecule has 0 atom stereocenters. The molecule has 0 radical (unpaired) electrons. The molecule has 3 heteroatoms. The lowest BCUT2D eigenvalue weighted by molar-refractivity contribution is -0.136. The van der Waals surface area contributed by atoms with Crippen molar-refractivity contribution in [1.29, 1.82) is 0 Å². The van der Waals surface area contributed by atoms with E-state index in [4.69, 9.17) is 4.74 Å². The molecular formula is C12H18O3. The van der Waals surface area contributed by atoms with E-state index >= 15 is 0 Å². The third-order valence-corrected chi connectivity index (χ3v) is 2.65. The molecule has 0 aromatic rings. The number of allylic oxidation sites excluding steroid dienone is 1. The fourth-order valence-corrected chi connectivity index (χ4v) is 1.76. The molecule has 0 aromatic heterocycles. The monoisotopic (exact) mass is 210 g/mol. The van der Waals surface area contributed by atoms with Crippen LogP contribution in [0.1, 0.15) is 44.9 Å². The van der Waals surface area contributed by atoms with Crippen LogP contribution in [0.15, 0.2) is 11.6 Å². The summed E-state index contributed by atoms with van der Waals surface area (Å²) in [5.41, 5.74) is 0.770. The molecule has 0 unspecified atom stereocenters. The second-order valence-corrected chi connectivity index (χ2v) is 3.86. The Morgan fingerprint density at radius 2 is 1.87 bits per heavy atom. The molecule has 3 nitrogen and oxygen atoms in total. The Labute approximate surface area is 90.5 Å². The molecule has 0 aromatic carbocycles. The van der Waals surface area contributed by atoms with Crippen molar-refractivity contribution in [3.05, 3.63) is 11.6 Å². The molecule has 84 valence electrons. The number of carbonyl (C=O) groups excluding carboxylic acids is 2. The fraction of sp³-hybridized carbons (Fsp3) is 0.667. The van der Waals surface area contributed by atoms with Gasteiger partial charge in [-0.2, -0.15) is 0 Å². The van der Waals surface area contributed by atoms with Gasteiger partial charge in [0.1, 0.15) is 5.78 Å². The molecule has 0 aliphatic heterocycles. The second-order valence-electron chi connectivity index (χ2n) is 3.86. The van der Waals surface area contributed by atoms with Crippen molar-refractivity contribution >= 4 is 11.8 Å². The van der Waals surface area contributed by atoms with Crippen LogP contribution in [-0.4, -0.2) is 18.9 Å². The number of Topliss-reactive ketones (excluding diaryl/α,β-unsaturated/α-hetero) is 1. The van der Waals surface area contributed by atoms with Crippen LogP contribution in [-0.2, 0) is 14.3 Å². The first-order valence-corrected chi connectivity index (χ1v) is 5.53. The minimum Gasteiger partial charge on any atom is -0.466 e. The lowest BCUT2D eigenvalue weighted by Gasteiger charge is -2.08. The molecule has 0 bridgehead atoms. The molecule has 0 heterocycles. The average Bonchev–Trinajstić information content (AvgIpc) is 2.26. The van der Waals surface area contributed by atoms with Gasteiger partial charge in [0.2, 0.25) is 0 Å². The summed E-state index contributed by atoms with van der Waals surface area (Å²) in [6.07, 6.45) is 7.39. The first-order chi connectivity index (χ1) is 7.24. The summed E-state index contributed by atoms with van der Waals surface area (Å²) in [5.74, 6) is 0.131. The van der Waals surface area contributed by atoms with Crippen LogP contribution in [0.25, 0.3) is 0 Å². The quantitative estimate of drug-likeness (QED) is 0.624. The first-order valence-electron chi connectivity index (χ1n) is 5.53. The van der Waals surface area contributed by atoms with Crippen molar-refractivity contribution in [1.82, 2.24) is 0 Å². The van der Waals surface area contributed by atoms with E-state index in [-0.39, 0.29) is 5.97 Å². The van der Waals surface area contributed by atoms with Crippen LogP contribution in [0, 0.1) is 0 Å². The number of hydrogen-bond acceptors (Lipinski definition) is 3. The fourth-order valence-electron chi connectivity index (χ4n) is 1.76. The van der Waals surface area contributed by atoms with Crippen molar-refractivity contribution in [2.75, 3.05) is 7.11 Å². The highest BCUT2D eigenvalue weighted by Crippen LogP contribution is 2.16. The number of hydrogen-bond donors (Lipinski definition) is 0. The Morgan fingerprint density at radius 3 is 2.60 bits per heavy atom. The molecule has 0 spiro atoms. The summed E-state index contributed by atoms with van der Waals surface area (Å²) in [6.45, 7) is 0. The van der Waals surface area contributed by atoms with Crippen LogP contribution in [0.4, 0.5) is 0 Å². The molecule has 1 aliphatic rings. The van der Waals surface area contributed by atoms with Crippen LogP contribution in [0.5, 0.6) is 0 Å². The SMILES string of the molecule is COC(=O)/C1=C\CCCC(=O)CCCC1. The zero-order valence-corrected chi connectivity index (χ0v) is 9.25. The lowest BCUT2D eigenvalue weighted by atomic mass is 10.00. The third-order valence-electron chi connectivity index (χ3n) is 2.65. The molecule has 1 rings (SSSR count). The molecule has 0 amide bonds. The van der Waals surface area contributed by atoms with Crippen molar-refractivity contribution in [3.8, 4) is 0 Å². The summed E-state index contributed by atoms with van der Waals surface area (Å²) in [5, 5.41) is 0. The average molecular weight is 210 g/mol. The highest BCUT2D eigenvalue weighted by atomic mass is 16.5. The van der Waals surface area contributed by atoms with Crippen molar-refractivity contribution in [2.45, 2.75) is 44.9 Å². The minimum atomic E-state index is -0.220. The van der Waals surface area contributed by atoms with Gasteiger partial charge in [-0.15, -0.1) is 0 Å². The third kappa shape index (κ3) is 4.28. The van der Waals surface area contributed by atoms with Gasteiger partial charge in [0.25, 0.3) is 0 Å². The summed E-state index contributed by atoms with van der Waals surface area (Å²) in [4.78, 5) is 22.6.